The zero-order chi connectivity index (χ0) is 11.3. The van der Waals surface area contributed by atoms with Crippen molar-refractivity contribution in [1.29, 1.82) is 0 Å². The zero-order valence-electron chi connectivity index (χ0n) is 8.39. The molecular weight excluding hydrogens is 220 g/mol. The van der Waals surface area contributed by atoms with Gasteiger partial charge in [-0.25, -0.2) is 8.78 Å². The standard InChI is InChI=1S/C10H13F2NOS/c1-14-10-5-8(11)7(4-9(10)12)2-3-13-6-15/h4-5,13,15H,2-3,6H2,1H3. The lowest BCUT2D eigenvalue weighted by Gasteiger charge is -2.07. The fraction of sp³-hybridized carbons (Fsp3) is 0.400. The van der Waals surface area contributed by atoms with E-state index in [0.29, 0.717) is 24.4 Å². The van der Waals surface area contributed by atoms with Crippen molar-refractivity contribution in [1.82, 2.24) is 5.32 Å². The largest absolute Gasteiger partial charge is 0.494 e. The molecule has 0 saturated heterocycles. The predicted octanol–water partition coefficient (Wildman–Crippen LogP) is 1.99. The number of benzene rings is 1. The van der Waals surface area contributed by atoms with E-state index in [9.17, 15) is 8.78 Å². The molecule has 5 heteroatoms. The van der Waals surface area contributed by atoms with Gasteiger partial charge in [0.25, 0.3) is 0 Å². The van der Waals surface area contributed by atoms with E-state index < -0.39 is 11.6 Å². The molecule has 0 radical (unpaired) electrons. The predicted molar refractivity (Wildman–Crippen MR) is 58.5 cm³/mol. The van der Waals surface area contributed by atoms with Gasteiger partial charge in [0, 0.05) is 18.5 Å². The molecule has 0 aliphatic rings. The van der Waals surface area contributed by atoms with Gasteiger partial charge in [0.05, 0.1) is 7.11 Å². The van der Waals surface area contributed by atoms with Crippen LogP contribution in [0.5, 0.6) is 5.75 Å². The zero-order valence-corrected chi connectivity index (χ0v) is 9.28. The Kier molecular flexibility index (Phi) is 4.84. The monoisotopic (exact) mass is 233 g/mol. The Morgan fingerprint density at radius 2 is 2.07 bits per heavy atom. The summed E-state index contributed by atoms with van der Waals surface area (Å²) >= 11 is 3.95. The summed E-state index contributed by atoms with van der Waals surface area (Å²) in [6, 6.07) is 2.22. The summed E-state index contributed by atoms with van der Waals surface area (Å²) in [5, 5.41) is 2.92. The number of methoxy groups -OCH3 is 1. The molecule has 15 heavy (non-hydrogen) atoms. The van der Waals surface area contributed by atoms with Gasteiger partial charge in [-0.1, -0.05) is 0 Å². The highest BCUT2D eigenvalue weighted by molar-refractivity contribution is 7.80. The minimum Gasteiger partial charge on any atom is -0.494 e. The van der Waals surface area contributed by atoms with Crippen LogP contribution < -0.4 is 10.1 Å². The molecule has 0 atom stereocenters. The number of hydrogen-bond donors (Lipinski definition) is 2. The highest BCUT2D eigenvalue weighted by Crippen LogP contribution is 2.21. The molecule has 0 bridgehead atoms. The van der Waals surface area contributed by atoms with Crippen LogP contribution in [0.3, 0.4) is 0 Å². The van der Waals surface area contributed by atoms with E-state index in [2.05, 4.69) is 22.7 Å². The molecule has 0 aromatic heterocycles. The first-order chi connectivity index (χ1) is 7.19. The number of thiol groups is 1. The second kappa shape index (κ2) is 5.92. The van der Waals surface area contributed by atoms with Gasteiger partial charge in [-0.2, -0.15) is 12.6 Å². The summed E-state index contributed by atoms with van der Waals surface area (Å²) in [5.41, 5.74) is 0.336. The summed E-state index contributed by atoms with van der Waals surface area (Å²) in [4.78, 5) is 0. The van der Waals surface area contributed by atoms with Gasteiger partial charge >= 0.3 is 0 Å². The average Bonchev–Trinajstić information content (AvgIpc) is 2.23. The molecule has 0 amide bonds. The molecule has 1 aromatic rings. The van der Waals surface area contributed by atoms with Gasteiger partial charge in [0.15, 0.2) is 11.6 Å². The van der Waals surface area contributed by atoms with Gasteiger partial charge < -0.3 is 10.1 Å². The number of hydrogen-bond acceptors (Lipinski definition) is 3. The third-order valence-corrected chi connectivity index (χ3v) is 2.23. The van der Waals surface area contributed by atoms with Gasteiger partial charge in [0.2, 0.25) is 0 Å². The summed E-state index contributed by atoms with van der Waals surface area (Å²) in [5.74, 6) is -0.548. The van der Waals surface area contributed by atoms with E-state index in [-0.39, 0.29) is 5.75 Å². The molecule has 0 aliphatic carbocycles. The number of nitrogens with one attached hydrogen (secondary N) is 1. The molecule has 0 heterocycles. The normalized spacial score (nSPS) is 10.4. The van der Waals surface area contributed by atoms with E-state index in [1.54, 1.807) is 0 Å². The summed E-state index contributed by atoms with van der Waals surface area (Å²) < 4.78 is 31.2. The van der Waals surface area contributed by atoms with Crippen LogP contribution in [0.1, 0.15) is 5.56 Å². The van der Waals surface area contributed by atoms with E-state index in [1.807, 2.05) is 0 Å². The van der Waals surface area contributed by atoms with Crippen LogP contribution in [0, 0.1) is 11.6 Å². The van der Waals surface area contributed by atoms with E-state index in [4.69, 9.17) is 0 Å². The Morgan fingerprint density at radius 1 is 1.33 bits per heavy atom. The maximum Gasteiger partial charge on any atom is 0.165 e. The van der Waals surface area contributed by atoms with Crippen LogP contribution in [0.15, 0.2) is 12.1 Å². The van der Waals surface area contributed by atoms with Crippen LogP contribution in [0.4, 0.5) is 8.78 Å². The molecule has 2 nitrogen and oxygen atoms in total. The first-order valence-electron chi connectivity index (χ1n) is 4.52. The summed E-state index contributed by atoms with van der Waals surface area (Å²) in [6.45, 7) is 0.562. The van der Waals surface area contributed by atoms with Crippen LogP contribution in [-0.2, 0) is 6.42 Å². The highest BCUT2D eigenvalue weighted by Gasteiger charge is 2.09. The third kappa shape index (κ3) is 3.35. The fourth-order valence-electron chi connectivity index (χ4n) is 1.22. The summed E-state index contributed by atoms with van der Waals surface area (Å²) in [7, 11) is 1.31. The quantitative estimate of drug-likeness (QED) is 0.461. The van der Waals surface area contributed by atoms with Crippen molar-refractivity contribution in [3.05, 3.63) is 29.3 Å². The van der Waals surface area contributed by atoms with Crippen molar-refractivity contribution >= 4 is 12.6 Å². The lowest BCUT2D eigenvalue weighted by molar-refractivity contribution is 0.381. The third-order valence-electron chi connectivity index (χ3n) is 2.00. The lowest BCUT2D eigenvalue weighted by Crippen LogP contribution is -2.15. The number of ether oxygens (including phenoxy) is 1. The molecule has 1 rings (SSSR count). The van der Waals surface area contributed by atoms with Crippen LogP contribution >= 0.6 is 12.6 Å². The van der Waals surface area contributed by atoms with Crippen molar-refractivity contribution < 1.29 is 13.5 Å². The molecule has 1 N–H and O–H groups in total. The van der Waals surface area contributed by atoms with Crippen LogP contribution in [0.25, 0.3) is 0 Å². The second-order valence-corrected chi connectivity index (χ2v) is 3.30. The summed E-state index contributed by atoms with van der Waals surface area (Å²) in [6.07, 6.45) is 0.424. The van der Waals surface area contributed by atoms with E-state index in [1.165, 1.54) is 7.11 Å². The molecule has 1 aromatic carbocycles. The Balaban J connectivity index is 2.76. The van der Waals surface area contributed by atoms with Crippen molar-refractivity contribution in [2.45, 2.75) is 6.42 Å². The van der Waals surface area contributed by atoms with Gasteiger partial charge in [-0.3, -0.25) is 0 Å². The number of rotatable bonds is 5. The second-order valence-electron chi connectivity index (χ2n) is 2.99. The Labute approximate surface area is 93.0 Å². The van der Waals surface area contributed by atoms with Crippen molar-refractivity contribution in [3.63, 3.8) is 0 Å². The molecule has 0 fully saturated rings. The van der Waals surface area contributed by atoms with Gasteiger partial charge in [-0.15, -0.1) is 0 Å². The van der Waals surface area contributed by atoms with Crippen molar-refractivity contribution in [2.24, 2.45) is 0 Å². The number of halogens is 2. The smallest absolute Gasteiger partial charge is 0.165 e. The Bertz CT molecular complexity index is 333. The highest BCUT2D eigenvalue weighted by atomic mass is 32.1. The maximum absolute atomic E-state index is 13.4. The maximum atomic E-state index is 13.4. The van der Waals surface area contributed by atoms with Crippen LogP contribution in [0.2, 0.25) is 0 Å². The molecule has 0 unspecified atom stereocenters. The average molecular weight is 233 g/mol. The molecule has 84 valence electrons. The minimum absolute atomic E-state index is 0.0709. The fourth-order valence-corrected chi connectivity index (χ4v) is 1.38. The van der Waals surface area contributed by atoms with Crippen molar-refractivity contribution in [3.8, 4) is 5.75 Å². The van der Waals surface area contributed by atoms with E-state index in [0.717, 1.165) is 12.1 Å². The van der Waals surface area contributed by atoms with Gasteiger partial charge in [0.1, 0.15) is 5.82 Å². The van der Waals surface area contributed by atoms with E-state index >= 15 is 0 Å². The Hall–Kier alpha value is -0.810. The Morgan fingerprint density at radius 3 is 2.67 bits per heavy atom. The SMILES string of the molecule is COc1cc(F)c(CCNCS)cc1F. The topological polar surface area (TPSA) is 21.3 Å². The first kappa shape index (κ1) is 12.3. The lowest BCUT2D eigenvalue weighted by atomic mass is 10.1. The van der Waals surface area contributed by atoms with Gasteiger partial charge in [-0.05, 0) is 18.1 Å². The minimum atomic E-state index is -0.542. The molecule has 0 spiro atoms. The molecule has 0 saturated carbocycles. The van der Waals surface area contributed by atoms with Crippen LogP contribution in [-0.4, -0.2) is 19.5 Å². The van der Waals surface area contributed by atoms with Crippen molar-refractivity contribution in [2.75, 3.05) is 19.5 Å². The first-order valence-corrected chi connectivity index (χ1v) is 5.15. The molecular formula is C10H13F2NOS. The molecule has 0 aliphatic heterocycles.